The molecule has 0 N–H and O–H groups in total. The van der Waals surface area contributed by atoms with Gasteiger partial charge in [0.2, 0.25) is 0 Å². The lowest BCUT2D eigenvalue weighted by Gasteiger charge is -2.20. The molecule has 0 heterocycles. The van der Waals surface area contributed by atoms with Crippen molar-refractivity contribution in [3.8, 4) is 6.07 Å². The fourth-order valence-electron chi connectivity index (χ4n) is 1.85. The number of rotatable bonds is 6. The number of hydrogen-bond donors (Lipinski definition) is 0. The van der Waals surface area contributed by atoms with Crippen LogP contribution in [0.3, 0.4) is 0 Å². The van der Waals surface area contributed by atoms with Crippen molar-refractivity contribution >= 4 is 0 Å². The van der Waals surface area contributed by atoms with E-state index in [0.29, 0.717) is 0 Å². The highest BCUT2D eigenvalue weighted by Gasteiger charge is 2.03. The van der Waals surface area contributed by atoms with Gasteiger partial charge in [0, 0.05) is 6.54 Å². The second kappa shape index (κ2) is 7.03. The van der Waals surface area contributed by atoms with Crippen molar-refractivity contribution in [1.82, 2.24) is 4.90 Å². The highest BCUT2D eigenvalue weighted by molar-refractivity contribution is 5.31. The van der Waals surface area contributed by atoms with Gasteiger partial charge < -0.3 is 0 Å². The second-order valence-electron chi connectivity index (χ2n) is 4.08. The van der Waals surface area contributed by atoms with Crippen molar-refractivity contribution in [3.05, 3.63) is 35.4 Å². The van der Waals surface area contributed by atoms with E-state index in [4.69, 9.17) is 5.26 Å². The number of hydrogen-bond acceptors (Lipinski definition) is 2. The van der Waals surface area contributed by atoms with E-state index >= 15 is 0 Å². The van der Waals surface area contributed by atoms with Crippen molar-refractivity contribution in [2.24, 2.45) is 0 Å². The van der Waals surface area contributed by atoms with E-state index in [1.54, 1.807) is 0 Å². The Morgan fingerprint density at radius 1 is 1.06 bits per heavy atom. The van der Waals surface area contributed by atoms with Crippen molar-refractivity contribution < 1.29 is 0 Å². The lowest BCUT2D eigenvalue weighted by Crippen LogP contribution is -2.24. The van der Waals surface area contributed by atoms with Gasteiger partial charge in [-0.25, -0.2) is 0 Å². The molecule has 1 rings (SSSR count). The molecule has 0 saturated heterocycles. The standard InChI is InChI=1S/C14H20N2/c1-3-9-16(10-4-2)12-14-7-5-13(11-15)6-8-14/h5-8H,3-4,9-10,12H2,1-2H3. The van der Waals surface area contributed by atoms with Gasteiger partial charge >= 0.3 is 0 Å². The predicted molar refractivity (Wildman–Crippen MR) is 67.0 cm³/mol. The summed E-state index contributed by atoms with van der Waals surface area (Å²) >= 11 is 0. The van der Waals surface area contributed by atoms with Crippen LogP contribution in [0.15, 0.2) is 24.3 Å². The molecule has 0 atom stereocenters. The highest BCUT2D eigenvalue weighted by atomic mass is 15.1. The summed E-state index contributed by atoms with van der Waals surface area (Å²) in [6.45, 7) is 7.71. The minimum atomic E-state index is 0.737. The third kappa shape index (κ3) is 4.04. The first-order valence-electron chi connectivity index (χ1n) is 6.01. The lowest BCUT2D eigenvalue weighted by atomic mass is 10.1. The average molecular weight is 216 g/mol. The zero-order valence-electron chi connectivity index (χ0n) is 10.2. The molecule has 2 nitrogen and oxygen atoms in total. The van der Waals surface area contributed by atoms with E-state index in [2.05, 4.69) is 36.9 Å². The largest absolute Gasteiger partial charge is 0.299 e. The van der Waals surface area contributed by atoms with Crippen LogP contribution < -0.4 is 0 Å². The zero-order chi connectivity index (χ0) is 11.8. The van der Waals surface area contributed by atoms with Crippen LogP contribution in [0.25, 0.3) is 0 Å². The van der Waals surface area contributed by atoms with Crippen LogP contribution in [0.5, 0.6) is 0 Å². The third-order valence-corrected chi connectivity index (χ3v) is 2.57. The molecule has 0 bridgehead atoms. The molecule has 86 valence electrons. The van der Waals surface area contributed by atoms with Crippen molar-refractivity contribution in [2.75, 3.05) is 13.1 Å². The molecule has 1 aromatic carbocycles. The molecule has 2 heteroatoms. The molecular weight excluding hydrogens is 196 g/mol. The SMILES string of the molecule is CCCN(CCC)Cc1ccc(C#N)cc1. The summed E-state index contributed by atoms with van der Waals surface area (Å²) < 4.78 is 0. The van der Waals surface area contributed by atoms with Crippen molar-refractivity contribution in [2.45, 2.75) is 33.2 Å². The summed E-state index contributed by atoms with van der Waals surface area (Å²) in [5.74, 6) is 0. The van der Waals surface area contributed by atoms with Gasteiger partial charge in [0.1, 0.15) is 0 Å². The van der Waals surface area contributed by atoms with Gasteiger partial charge in [-0.1, -0.05) is 26.0 Å². The summed E-state index contributed by atoms with van der Waals surface area (Å²) in [5, 5.41) is 8.72. The first-order valence-corrected chi connectivity index (χ1v) is 6.01. The lowest BCUT2D eigenvalue weighted by molar-refractivity contribution is 0.266. The maximum atomic E-state index is 8.72. The fraction of sp³-hybridized carbons (Fsp3) is 0.500. The Kier molecular flexibility index (Phi) is 5.60. The van der Waals surface area contributed by atoms with E-state index in [-0.39, 0.29) is 0 Å². The zero-order valence-corrected chi connectivity index (χ0v) is 10.2. The van der Waals surface area contributed by atoms with Gasteiger partial charge in [0.05, 0.1) is 11.6 Å². The Morgan fingerprint density at radius 2 is 1.62 bits per heavy atom. The van der Waals surface area contributed by atoms with Crippen molar-refractivity contribution in [3.63, 3.8) is 0 Å². The third-order valence-electron chi connectivity index (χ3n) is 2.57. The van der Waals surface area contributed by atoms with Gasteiger partial charge in [0.25, 0.3) is 0 Å². The monoisotopic (exact) mass is 216 g/mol. The Morgan fingerprint density at radius 3 is 2.06 bits per heavy atom. The molecule has 0 radical (unpaired) electrons. The molecule has 0 aliphatic heterocycles. The minimum Gasteiger partial charge on any atom is -0.299 e. The maximum Gasteiger partial charge on any atom is 0.0991 e. The van der Waals surface area contributed by atoms with E-state index < -0.39 is 0 Å². The van der Waals surface area contributed by atoms with Crippen LogP contribution in [-0.2, 0) is 6.54 Å². The molecule has 1 aromatic rings. The number of nitrogens with zero attached hydrogens (tertiary/aromatic N) is 2. The molecule has 0 aliphatic carbocycles. The summed E-state index contributed by atoms with van der Waals surface area (Å²) in [6.07, 6.45) is 2.38. The average Bonchev–Trinajstić information content (AvgIpc) is 2.31. The molecule has 0 aliphatic rings. The van der Waals surface area contributed by atoms with Gasteiger partial charge in [-0.15, -0.1) is 0 Å². The Bertz CT molecular complexity index is 329. The van der Waals surface area contributed by atoms with Crippen LogP contribution in [0.2, 0.25) is 0 Å². The summed E-state index contributed by atoms with van der Waals surface area (Å²) in [5.41, 5.74) is 2.03. The summed E-state index contributed by atoms with van der Waals surface area (Å²) in [4.78, 5) is 2.46. The topological polar surface area (TPSA) is 27.0 Å². The molecular formula is C14H20N2. The molecule has 0 unspecified atom stereocenters. The van der Waals surface area contributed by atoms with Gasteiger partial charge in [-0.05, 0) is 43.6 Å². The van der Waals surface area contributed by atoms with Gasteiger partial charge in [-0.3, -0.25) is 4.90 Å². The molecule has 0 fully saturated rings. The normalized spacial score (nSPS) is 10.4. The van der Waals surface area contributed by atoms with E-state index in [0.717, 1.165) is 25.2 Å². The first kappa shape index (κ1) is 12.7. The van der Waals surface area contributed by atoms with Crippen molar-refractivity contribution in [1.29, 1.82) is 5.26 Å². The quantitative estimate of drug-likeness (QED) is 0.730. The Hall–Kier alpha value is -1.33. The summed E-state index contributed by atoms with van der Waals surface area (Å²) in [6, 6.07) is 10.0. The van der Waals surface area contributed by atoms with Crippen LogP contribution in [-0.4, -0.2) is 18.0 Å². The maximum absolute atomic E-state index is 8.72. The van der Waals surface area contributed by atoms with E-state index in [1.165, 1.54) is 18.4 Å². The van der Waals surface area contributed by atoms with Crippen LogP contribution in [0, 0.1) is 11.3 Å². The number of benzene rings is 1. The Balaban J connectivity index is 2.59. The summed E-state index contributed by atoms with van der Waals surface area (Å²) in [7, 11) is 0. The molecule has 0 amide bonds. The molecule has 16 heavy (non-hydrogen) atoms. The first-order chi connectivity index (χ1) is 7.80. The molecule has 0 saturated carbocycles. The van der Waals surface area contributed by atoms with E-state index in [9.17, 15) is 0 Å². The number of nitriles is 1. The predicted octanol–water partition coefficient (Wildman–Crippen LogP) is 3.18. The van der Waals surface area contributed by atoms with Crippen LogP contribution in [0.1, 0.15) is 37.8 Å². The fourth-order valence-corrected chi connectivity index (χ4v) is 1.85. The molecule has 0 spiro atoms. The Labute approximate surface area is 98.5 Å². The van der Waals surface area contributed by atoms with Gasteiger partial charge in [0.15, 0.2) is 0 Å². The molecule has 0 aromatic heterocycles. The van der Waals surface area contributed by atoms with Crippen LogP contribution in [0.4, 0.5) is 0 Å². The van der Waals surface area contributed by atoms with Crippen LogP contribution >= 0.6 is 0 Å². The highest BCUT2D eigenvalue weighted by Crippen LogP contribution is 2.08. The van der Waals surface area contributed by atoms with Gasteiger partial charge in [-0.2, -0.15) is 5.26 Å². The second-order valence-corrected chi connectivity index (χ2v) is 4.08. The smallest absolute Gasteiger partial charge is 0.0991 e. The minimum absolute atomic E-state index is 0.737. The van der Waals surface area contributed by atoms with E-state index in [1.807, 2.05) is 12.1 Å².